The molecule has 2 aromatic rings. The summed E-state index contributed by atoms with van der Waals surface area (Å²) in [6, 6.07) is 5.76. The highest BCUT2D eigenvalue weighted by molar-refractivity contribution is 7.07. The lowest BCUT2D eigenvalue weighted by Crippen LogP contribution is -2.33. The molecule has 1 N–H and O–H groups in total. The third-order valence-corrected chi connectivity index (χ3v) is 2.95. The predicted octanol–water partition coefficient (Wildman–Crippen LogP) is 2.48. The summed E-state index contributed by atoms with van der Waals surface area (Å²) in [5, 5.41) is 4.40. The summed E-state index contributed by atoms with van der Waals surface area (Å²) in [6.07, 6.45) is -0.215. The zero-order valence-corrected chi connectivity index (χ0v) is 11.1. The number of rotatable bonds is 5. The van der Waals surface area contributed by atoms with E-state index in [4.69, 9.17) is 4.74 Å². The van der Waals surface area contributed by atoms with Gasteiger partial charge in [-0.1, -0.05) is 0 Å². The van der Waals surface area contributed by atoms with Gasteiger partial charge in [-0.25, -0.2) is 9.37 Å². The molecule has 100 valence electrons. The fourth-order valence-corrected chi connectivity index (χ4v) is 1.97. The van der Waals surface area contributed by atoms with Crippen molar-refractivity contribution in [3.8, 4) is 5.75 Å². The molecule has 6 heteroatoms. The van der Waals surface area contributed by atoms with Crippen molar-refractivity contribution in [3.63, 3.8) is 0 Å². The SMILES string of the molecule is C[C@H](CNC(=O)c1cscn1)Oc1ccc(F)cc1. The number of benzene rings is 1. The third-order valence-electron chi connectivity index (χ3n) is 2.37. The van der Waals surface area contributed by atoms with Crippen LogP contribution in [0.5, 0.6) is 5.75 Å². The van der Waals surface area contributed by atoms with E-state index in [1.165, 1.54) is 23.5 Å². The molecule has 2 rings (SSSR count). The van der Waals surface area contributed by atoms with E-state index in [0.717, 1.165) is 0 Å². The highest BCUT2D eigenvalue weighted by Crippen LogP contribution is 2.12. The summed E-state index contributed by atoms with van der Waals surface area (Å²) in [7, 11) is 0. The maximum atomic E-state index is 12.7. The van der Waals surface area contributed by atoms with Gasteiger partial charge in [-0.2, -0.15) is 0 Å². The number of ether oxygens (including phenoxy) is 1. The molecule has 0 aliphatic carbocycles. The number of hydrogen-bond donors (Lipinski definition) is 1. The Morgan fingerprint density at radius 1 is 1.47 bits per heavy atom. The van der Waals surface area contributed by atoms with E-state index in [-0.39, 0.29) is 17.8 Å². The first-order valence-corrected chi connectivity index (χ1v) is 6.68. The number of carbonyl (C=O) groups excluding carboxylic acids is 1. The number of hydrogen-bond acceptors (Lipinski definition) is 4. The molecule has 19 heavy (non-hydrogen) atoms. The number of nitrogens with one attached hydrogen (secondary N) is 1. The van der Waals surface area contributed by atoms with Gasteiger partial charge in [-0.05, 0) is 31.2 Å². The Balaban J connectivity index is 1.80. The molecule has 0 saturated carbocycles. The zero-order chi connectivity index (χ0) is 13.7. The van der Waals surface area contributed by atoms with Crippen molar-refractivity contribution in [1.82, 2.24) is 10.3 Å². The normalized spacial score (nSPS) is 11.9. The summed E-state index contributed by atoms with van der Waals surface area (Å²) in [4.78, 5) is 15.5. The monoisotopic (exact) mass is 280 g/mol. The number of aromatic nitrogens is 1. The van der Waals surface area contributed by atoms with Crippen LogP contribution in [0.4, 0.5) is 4.39 Å². The van der Waals surface area contributed by atoms with Crippen molar-refractivity contribution < 1.29 is 13.9 Å². The highest BCUT2D eigenvalue weighted by atomic mass is 32.1. The van der Waals surface area contributed by atoms with Crippen molar-refractivity contribution in [2.45, 2.75) is 13.0 Å². The molecule has 0 unspecified atom stereocenters. The molecule has 0 aliphatic heterocycles. The van der Waals surface area contributed by atoms with E-state index in [1.54, 1.807) is 23.0 Å². The fourth-order valence-electron chi connectivity index (χ4n) is 1.44. The van der Waals surface area contributed by atoms with Crippen molar-refractivity contribution in [2.75, 3.05) is 6.54 Å². The van der Waals surface area contributed by atoms with Gasteiger partial charge in [0.2, 0.25) is 0 Å². The Morgan fingerprint density at radius 2 is 2.21 bits per heavy atom. The third kappa shape index (κ3) is 4.03. The van der Waals surface area contributed by atoms with Gasteiger partial charge < -0.3 is 10.1 Å². The molecule has 1 amide bonds. The number of nitrogens with zero attached hydrogens (tertiary/aromatic N) is 1. The molecular formula is C13H13FN2O2S. The first-order chi connectivity index (χ1) is 9.15. The molecule has 1 aromatic carbocycles. The van der Waals surface area contributed by atoms with Gasteiger partial charge >= 0.3 is 0 Å². The minimum absolute atomic E-state index is 0.215. The molecule has 1 aromatic heterocycles. The lowest BCUT2D eigenvalue weighted by molar-refractivity contribution is 0.0928. The van der Waals surface area contributed by atoms with Crippen LogP contribution in [0.3, 0.4) is 0 Å². The van der Waals surface area contributed by atoms with E-state index in [0.29, 0.717) is 18.0 Å². The van der Waals surface area contributed by atoms with E-state index in [1.807, 2.05) is 6.92 Å². The summed E-state index contributed by atoms with van der Waals surface area (Å²) in [5.41, 5.74) is 2.01. The molecule has 1 heterocycles. The van der Waals surface area contributed by atoms with E-state index in [2.05, 4.69) is 10.3 Å². The Hall–Kier alpha value is -1.95. The first-order valence-electron chi connectivity index (χ1n) is 5.74. The minimum atomic E-state index is -0.308. The maximum Gasteiger partial charge on any atom is 0.270 e. The average molecular weight is 280 g/mol. The molecule has 0 bridgehead atoms. The first kappa shape index (κ1) is 13.5. The summed E-state index contributed by atoms with van der Waals surface area (Å²) < 4.78 is 18.3. The van der Waals surface area contributed by atoms with Crippen molar-refractivity contribution >= 4 is 17.2 Å². The zero-order valence-electron chi connectivity index (χ0n) is 10.3. The average Bonchev–Trinajstić information content (AvgIpc) is 2.93. The Labute approximate surface area is 114 Å². The number of thiazole rings is 1. The lowest BCUT2D eigenvalue weighted by atomic mass is 10.3. The van der Waals surface area contributed by atoms with Crippen LogP contribution in [0.1, 0.15) is 17.4 Å². The summed E-state index contributed by atoms with van der Waals surface area (Å²) >= 11 is 1.37. The number of carbonyl (C=O) groups is 1. The van der Waals surface area contributed by atoms with E-state index in [9.17, 15) is 9.18 Å². The molecular weight excluding hydrogens is 267 g/mol. The second-order valence-corrected chi connectivity index (χ2v) is 4.68. The van der Waals surface area contributed by atoms with Crippen LogP contribution >= 0.6 is 11.3 Å². The molecule has 0 radical (unpaired) electrons. The standard InChI is InChI=1S/C13H13FN2O2S/c1-9(18-11-4-2-10(14)3-5-11)6-15-13(17)12-7-19-8-16-12/h2-5,7-9H,6H2,1H3,(H,15,17)/t9-/m1/s1. The molecule has 0 aliphatic rings. The molecule has 0 spiro atoms. The fraction of sp³-hybridized carbons (Fsp3) is 0.231. The number of halogens is 1. The van der Waals surface area contributed by atoms with Crippen LogP contribution in [0.25, 0.3) is 0 Å². The summed E-state index contributed by atoms with van der Waals surface area (Å²) in [6.45, 7) is 2.18. The smallest absolute Gasteiger partial charge is 0.270 e. The Bertz CT molecular complexity index is 528. The summed E-state index contributed by atoms with van der Waals surface area (Å²) in [5.74, 6) is 0.0319. The minimum Gasteiger partial charge on any atom is -0.489 e. The van der Waals surface area contributed by atoms with Gasteiger partial charge in [0.15, 0.2) is 0 Å². The number of amides is 1. The van der Waals surface area contributed by atoms with E-state index < -0.39 is 0 Å². The topological polar surface area (TPSA) is 51.2 Å². The maximum absolute atomic E-state index is 12.7. The van der Waals surface area contributed by atoms with Crippen molar-refractivity contribution in [1.29, 1.82) is 0 Å². The quantitative estimate of drug-likeness (QED) is 0.915. The van der Waals surface area contributed by atoms with Crippen LogP contribution in [-0.2, 0) is 0 Å². The molecule has 1 atom stereocenters. The largest absolute Gasteiger partial charge is 0.489 e. The second-order valence-electron chi connectivity index (χ2n) is 3.97. The highest BCUT2D eigenvalue weighted by Gasteiger charge is 2.10. The van der Waals surface area contributed by atoms with Crippen LogP contribution in [0.15, 0.2) is 35.2 Å². The van der Waals surface area contributed by atoms with Crippen LogP contribution < -0.4 is 10.1 Å². The Morgan fingerprint density at radius 3 is 2.84 bits per heavy atom. The van der Waals surface area contributed by atoms with Crippen LogP contribution in [0, 0.1) is 5.82 Å². The van der Waals surface area contributed by atoms with Crippen molar-refractivity contribution in [3.05, 3.63) is 46.7 Å². The Kier molecular flexibility index (Phi) is 4.46. The van der Waals surface area contributed by atoms with Crippen LogP contribution in [0.2, 0.25) is 0 Å². The van der Waals surface area contributed by atoms with Crippen molar-refractivity contribution in [2.24, 2.45) is 0 Å². The van der Waals surface area contributed by atoms with Gasteiger partial charge in [-0.15, -0.1) is 11.3 Å². The molecule has 4 nitrogen and oxygen atoms in total. The molecule has 0 saturated heterocycles. The van der Waals surface area contributed by atoms with Gasteiger partial charge in [-0.3, -0.25) is 4.79 Å². The second kappa shape index (κ2) is 6.29. The van der Waals surface area contributed by atoms with Gasteiger partial charge in [0.1, 0.15) is 23.4 Å². The molecule has 0 fully saturated rings. The predicted molar refractivity (Wildman–Crippen MR) is 70.9 cm³/mol. The van der Waals surface area contributed by atoms with Crippen LogP contribution in [-0.4, -0.2) is 23.5 Å². The lowest BCUT2D eigenvalue weighted by Gasteiger charge is -2.15. The van der Waals surface area contributed by atoms with E-state index >= 15 is 0 Å². The van der Waals surface area contributed by atoms with Gasteiger partial charge in [0.05, 0.1) is 12.1 Å². The van der Waals surface area contributed by atoms with Gasteiger partial charge in [0, 0.05) is 5.38 Å². The van der Waals surface area contributed by atoms with Gasteiger partial charge in [0.25, 0.3) is 5.91 Å².